The number of thiophene rings is 1. The Morgan fingerprint density at radius 1 is 1.32 bits per heavy atom. The fourth-order valence-corrected chi connectivity index (χ4v) is 6.17. The zero-order valence-electron chi connectivity index (χ0n) is 13.7. The number of rotatable bonds is 5. The molecule has 2 aromatic rings. The predicted molar refractivity (Wildman–Crippen MR) is 99.3 cm³/mol. The fraction of sp³-hybridized carbons (Fsp3) is 0.353. The molecule has 1 aromatic heterocycles. The number of benzene rings is 1. The van der Waals surface area contributed by atoms with Crippen LogP contribution >= 0.6 is 22.9 Å². The van der Waals surface area contributed by atoms with Crippen LogP contribution in [0.1, 0.15) is 23.3 Å². The molecule has 0 saturated carbocycles. The maximum atomic E-state index is 12.8. The maximum Gasteiger partial charge on any atom is 0.253 e. The van der Waals surface area contributed by atoms with Gasteiger partial charge < -0.3 is 5.32 Å². The first-order valence-electron chi connectivity index (χ1n) is 7.99. The van der Waals surface area contributed by atoms with Gasteiger partial charge in [-0.3, -0.25) is 4.79 Å². The summed E-state index contributed by atoms with van der Waals surface area (Å²) in [5.41, 5.74) is 0.804. The zero-order valence-corrected chi connectivity index (χ0v) is 16.1. The van der Waals surface area contributed by atoms with Crippen LogP contribution in [0.5, 0.6) is 0 Å². The third-order valence-electron chi connectivity index (χ3n) is 4.20. The minimum absolute atomic E-state index is 0.279. The van der Waals surface area contributed by atoms with Crippen LogP contribution in [0.4, 0.5) is 0 Å². The number of amides is 1. The third kappa shape index (κ3) is 3.89. The van der Waals surface area contributed by atoms with Gasteiger partial charge in [0.05, 0.1) is 0 Å². The summed E-state index contributed by atoms with van der Waals surface area (Å²) in [6, 6.07) is 9.97. The van der Waals surface area contributed by atoms with Gasteiger partial charge in [0, 0.05) is 23.0 Å². The molecule has 1 unspecified atom stereocenters. The highest BCUT2D eigenvalue weighted by atomic mass is 35.5. The number of nitrogens with zero attached hydrogens (tertiary/aromatic N) is 1. The highest BCUT2D eigenvalue weighted by molar-refractivity contribution is 7.91. The Labute approximate surface area is 156 Å². The molecule has 1 aliphatic rings. The molecule has 25 heavy (non-hydrogen) atoms. The number of hydrogen-bond donors (Lipinski definition) is 1. The van der Waals surface area contributed by atoms with Crippen LogP contribution in [0.2, 0.25) is 5.02 Å². The summed E-state index contributed by atoms with van der Waals surface area (Å²) >= 11 is 7.32. The molecule has 8 heteroatoms. The van der Waals surface area contributed by atoms with Gasteiger partial charge in [0.25, 0.3) is 10.0 Å². The van der Waals surface area contributed by atoms with Crippen molar-refractivity contribution >= 4 is 38.9 Å². The predicted octanol–water partition coefficient (Wildman–Crippen LogP) is 3.18. The van der Waals surface area contributed by atoms with E-state index in [0.717, 1.165) is 10.4 Å². The van der Waals surface area contributed by atoms with E-state index in [1.807, 2.05) is 25.1 Å². The molecule has 5 nitrogen and oxygen atoms in total. The lowest BCUT2D eigenvalue weighted by atomic mass is 10.2. The van der Waals surface area contributed by atoms with Crippen molar-refractivity contribution in [2.45, 2.75) is 36.6 Å². The molecule has 0 radical (unpaired) electrons. The Kier molecular flexibility index (Phi) is 5.48. The normalized spacial score (nSPS) is 18.4. The monoisotopic (exact) mass is 398 g/mol. The maximum absolute atomic E-state index is 12.8. The second kappa shape index (κ2) is 7.45. The molecule has 1 N–H and O–H groups in total. The molecule has 1 aromatic carbocycles. The van der Waals surface area contributed by atoms with Gasteiger partial charge >= 0.3 is 0 Å². The largest absolute Gasteiger partial charge is 0.351 e. The molecular weight excluding hydrogens is 380 g/mol. The van der Waals surface area contributed by atoms with Crippen LogP contribution in [0.15, 0.2) is 40.6 Å². The molecule has 134 valence electrons. The van der Waals surface area contributed by atoms with Gasteiger partial charge in [-0.05, 0) is 43.5 Å². The van der Waals surface area contributed by atoms with E-state index < -0.39 is 16.1 Å². The lowest BCUT2D eigenvalue weighted by Gasteiger charge is -2.22. The van der Waals surface area contributed by atoms with Crippen molar-refractivity contribution in [2.75, 3.05) is 6.54 Å². The van der Waals surface area contributed by atoms with Gasteiger partial charge in [-0.15, -0.1) is 11.3 Å². The van der Waals surface area contributed by atoms with E-state index in [0.29, 0.717) is 24.4 Å². The van der Waals surface area contributed by atoms with Gasteiger partial charge in [0.1, 0.15) is 10.3 Å². The van der Waals surface area contributed by atoms with Crippen LogP contribution in [-0.4, -0.2) is 31.2 Å². The molecular formula is C17H19ClN2O3S2. The van der Waals surface area contributed by atoms with Gasteiger partial charge in [-0.2, -0.15) is 4.31 Å². The summed E-state index contributed by atoms with van der Waals surface area (Å²) in [6.45, 7) is 2.51. The first-order valence-corrected chi connectivity index (χ1v) is 10.6. The first kappa shape index (κ1) is 18.4. The zero-order chi connectivity index (χ0) is 18.0. The number of carbonyl (C=O) groups is 1. The van der Waals surface area contributed by atoms with Crippen molar-refractivity contribution in [3.8, 4) is 0 Å². The van der Waals surface area contributed by atoms with Crippen LogP contribution in [-0.2, 0) is 21.4 Å². The molecule has 1 atom stereocenters. The summed E-state index contributed by atoms with van der Waals surface area (Å²) in [6.07, 6.45) is 1.20. The van der Waals surface area contributed by atoms with E-state index in [-0.39, 0.29) is 16.7 Å². The summed E-state index contributed by atoms with van der Waals surface area (Å²) in [4.78, 5) is 13.5. The van der Waals surface area contributed by atoms with Crippen molar-refractivity contribution < 1.29 is 13.2 Å². The van der Waals surface area contributed by atoms with Crippen LogP contribution in [0.3, 0.4) is 0 Å². The molecule has 1 aliphatic heterocycles. The molecule has 3 rings (SSSR count). The van der Waals surface area contributed by atoms with E-state index in [1.165, 1.54) is 15.6 Å². The van der Waals surface area contributed by atoms with E-state index in [2.05, 4.69) is 5.32 Å². The van der Waals surface area contributed by atoms with Crippen LogP contribution < -0.4 is 5.32 Å². The second-order valence-electron chi connectivity index (χ2n) is 5.95. The Morgan fingerprint density at radius 3 is 2.76 bits per heavy atom. The lowest BCUT2D eigenvalue weighted by molar-refractivity contribution is -0.124. The van der Waals surface area contributed by atoms with Crippen LogP contribution in [0.25, 0.3) is 0 Å². The van der Waals surface area contributed by atoms with Crippen molar-refractivity contribution in [3.63, 3.8) is 0 Å². The smallest absolute Gasteiger partial charge is 0.253 e. The molecule has 1 saturated heterocycles. The minimum atomic E-state index is -3.64. The Bertz CT molecular complexity index is 880. The fourth-order valence-electron chi connectivity index (χ4n) is 2.90. The average Bonchev–Trinajstić information content (AvgIpc) is 3.23. The number of sulfonamides is 1. The minimum Gasteiger partial charge on any atom is -0.351 e. The molecule has 0 bridgehead atoms. The van der Waals surface area contributed by atoms with Crippen molar-refractivity contribution in [2.24, 2.45) is 0 Å². The summed E-state index contributed by atoms with van der Waals surface area (Å²) < 4.78 is 27.3. The summed E-state index contributed by atoms with van der Waals surface area (Å²) in [7, 11) is -3.64. The highest BCUT2D eigenvalue weighted by Crippen LogP contribution is 2.30. The van der Waals surface area contributed by atoms with Gasteiger partial charge in [0.2, 0.25) is 5.91 Å². The Balaban J connectivity index is 1.73. The third-order valence-corrected chi connectivity index (χ3v) is 7.94. The molecule has 1 amide bonds. The Hall–Kier alpha value is -1.41. The Morgan fingerprint density at radius 2 is 2.08 bits per heavy atom. The van der Waals surface area contributed by atoms with E-state index in [9.17, 15) is 13.2 Å². The van der Waals surface area contributed by atoms with Gasteiger partial charge in [0.15, 0.2) is 0 Å². The van der Waals surface area contributed by atoms with Crippen molar-refractivity contribution in [1.82, 2.24) is 9.62 Å². The lowest BCUT2D eigenvalue weighted by Crippen LogP contribution is -2.45. The van der Waals surface area contributed by atoms with Crippen molar-refractivity contribution in [1.29, 1.82) is 0 Å². The van der Waals surface area contributed by atoms with Crippen molar-refractivity contribution in [3.05, 3.63) is 51.9 Å². The summed E-state index contributed by atoms with van der Waals surface area (Å²) in [5, 5.41) is 3.39. The van der Waals surface area contributed by atoms with Gasteiger partial charge in [-0.25, -0.2) is 8.42 Å². The molecule has 2 heterocycles. The SMILES string of the molecule is Cc1ccc(S(=O)(=O)N2CCCC2C(=O)NCc2ccccc2Cl)s1. The highest BCUT2D eigenvalue weighted by Gasteiger charge is 2.39. The number of aryl methyl sites for hydroxylation is 1. The molecule has 0 spiro atoms. The number of halogens is 1. The average molecular weight is 399 g/mol. The van der Waals surface area contributed by atoms with Crippen LogP contribution in [0, 0.1) is 6.92 Å². The number of nitrogens with one attached hydrogen (secondary N) is 1. The topological polar surface area (TPSA) is 66.5 Å². The van der Waals surface area contributed by atoms with E-state index in [4.69, 9.17) is 11.6 Å². The number of hydrogen-bond acceptors (Lipinski definition) is 4. The second-order valence-corrected chi connectivity index (χ2v) is 9.76. The van der Waals surface area contributed by atoms with E-state index >= 15 is 0 Å². The standard InChI is InChI=1S/C17H19ClN2O3S2/c1-12-8-9-16(24-12)25(22,23)20-10-4-7-15(20)17(21)19-11-13-5-2-3-6-14(13)18/h2-3,5-6,8-9,15H,4,7,10-11H2,1H3,(H,19,21). The number of carbonyl (C=O) groups excluding carboxylic acids is 1. The quantitative estimate of drug-likeness (QED) is 0.841. The molecule has 1 fully saturated rings. The molecule has 0 aliphatic carbocycles. The van der Waals surface area contributed by atoms with Gasteiger partial charge in [-0.1, -0.05) is 29.8 Å². The summed E-state index contributed by atoms with van der Waals surface area (Å²) in [5.74, 6) is -0.283. The van der Waals surface area contributed by atoms with E-state index in [1.54, 1.807) is 18.2 Å². The first-order chi connectivity index (χ1) is 11.9.